The summed E-state index contributed by atoms with van der Waals surface area (Å²) in [5.74, 6) is -2.15. The fourth-order valence-electron chi connectivity index (χ4n) is 4.65. The van der Waals surface area contributed by atoms with Crippen LogP contribution in [0.5, 0.6) is 0 Å². The molecular weight excluding hydrogens is 415 g/mol. The number of benzene rings is 1. The molecule has 4 rings (SSSR count). The van der Waals surface area contributed by atoms with Crippen molar-refractivity contribution in [2.24, 2.45) is 5.92 Å². The first-order valence-corrected chi connectivity index (χ1v) is 10.7. The van der Waals surface area contributed by atoms with Crippen molar-refractivity contribution < 1.29 is 22.8 Å². The molecule has 1 saturated carbocycles. The van der Waals surface area contributed by atoms with E-state index in [1.54, 1.807) is 4.90 Å². The second-order valence-electron chi connectivity index (χ2n) is 7.99. The van der Waals surface area contributed by atoms with E-state index in [2.05, 4.69) is 4.98 Å². The van der Waals surface area contributed by atoms with E-state index in [0.717, 1.165) is 40.3 Å². The molecule has 5 nitrogen and oxygen atoms in total. The van der Waals surface area contributed by atoms with Crippen LogP contribution < -0.4 is 5.32 Å². The van der Waals surface area contributed by atoms with Crippen LogP contribution in [-0.4, -0.2) is 46.5 Å². The summed E-state index contributed by atoms with van der Waals surface area (Å²) in [5, 5.41) is 2.72. The third-order valence-corrected chi connectivity index (χ3v) is 6.94. The van der Waals surface area contributed by atoms with Crippen LogP contribution in [0.15, 0.2) is 24.3 Å². The van der Waals surface area contributed by atoms with Crippen molar-refractivity contribution in [2.75, 3.05) is 6.54 Å². The van der Waals surface area contributed by atoms with Gasteiger partial charge in [0.25, 0.3) is 5.91 Å². The largest absolute Gasteiger partial charge is 0.471 e. The number of alkyl halides is 3. The standard InChI is InChI=1S/C21H22F3N3O2S/c1-11-4-3-5-14(8-11)18-17(26-12(2)30-18)19(28)27-15-7-6-13(9-15)16(27)10-25-20(29)21(22,23)24/h3-5,8,13,15-16H,6-7,9-10H2,1-2H3,(H,25,29)/t13-,15?,16+/m0/s1. The van der Waals surface area contributed by atoms with Crippen LogP contribution in [0, 0.1) is 19.8 Å². The van der Waals surface area contributed by atoms with E-state index in [4.69, 9.17) is 0 Å². The highest BCUT2D eigenvalue weighted by atomic mass is 32.1. The smallest absolute Gasteiger partial charge is 0.346 e. The number of fused-ring (bicyclic) bond motifs is 2. The van der Waals surface area contributed by atoms with Gasteiger partial charge in [-0.25, -0.2) is 4.98 Å². The first-order chi connectivity index (χ1) is 14.1. The van der Waals surface area contributed by atoms with E-state index in [0.29, 0.717) is 5.69 Å². The first kappa shape index (κ1) is 20.8. The molecule has 2 heterocycles. The Bertz CT molecular complexity index is 988. The number of rotatable bonds is 4. The molecule has 3 atom stereocenters. The normalized spacial score (nSPS) is 23.1. The molecular formula is C21H22F3N3O2S. The van der Waals surface area contributed by atoms with E-state index in [1.165, 1.54) is 11.3 Å². The van der Waals surface area contributed by atoms with Gasteiger partial charge in [-0.2, -0.15) is 13.2 Å². The van der Waals surface area contributed by atoms with Gasteiger partial charge in [0.1, 0.15) is 5.69 Å². The monoisotopic (exact) mass is 437 g/mol. The lowest BCUT2D eigenvalue weighted by atomic mass is 9.98. The van der Waals surface area contributed by atoms with Crippen molar-refractivity contribution in [3.8, 4) is 10.4 Å². The van der Waals surface area contributed by atoms with Gasteiger partial charge in [0.05, 0.1) is 15.9 Å². The molecule has 9 heteroatoms. The van der Waals surface area contributed by atoms with E-state index >= 15 is 0 Å². The lowest BCUT2D eigenvalue weighted by Crippen LogP contribution is -2.52. The predicted molar refractivity (Wildman–Crippen MR) is 107 cm³/mol. The molecule has 1 aromatic heterocycles. The van der Waals surface area contributed by atoms with Gasteiger partial charge in [0, 0.05) is 12.6 Å². The zero-order valence-electron chi connectivity index (χ0n) is 16.6. The van der Waals surface area contributed by atoms with E-state index < -0.39 is 18.1 Å². The van der Waals surface area contributed by atoms with Crippen LogP contribution in [0.3, 0.4) is 0 Å². The van der Waals surface area contributed by atoms with Gasteiger partial charge in [-0.3, -0.25) is 9.59 Å². The van der Waals surface area contributed by atoms with E-state index in [9.17, 15) is 22.8 Å². The number of piperidine rings is 1. The van der Waals surface area contributed by atoms with Crippen molar-refractivity contribution in [2.45, 2.75) is 51.4 Å². The molecule has 2 fully saturated rings. The van der Waals surface area contributed by atoms with Crippen LogP contribution in [0.25, 0.3) is 10.4 Å². The SMILES string of the molecule is Cc1cccc(-c2sc(C)nc2C(=O)N2C3CC[C@@H](C3)[C@H]2CNC(=O)C(F)(F)F)c1. The third kappa shape index (κ3) is 3.82. The summed E-state index contributed by atoms with van der Waals surface area (Å²) in [6.45, 7) is 3.60. The van der Waals surface area contributed by atoms with Crippen LogP contribution in [0.4, 0.5) is 13.2 Å². The molecule has 0 spiro atoms. The van der Waals surface area contributed by atoms with Gasteiger partial charge in [-0.1, -0.05) is 29.8 Å². The Labute approximate surface area is 176 Å². The molecule has 0 radical (unpaired) electrons. The lowest BCUT2D eigenvalue weighted by molar-refractivity contribution is -0.173. The number of likely N-dealkylation sites (tertiary alicyclic amines) is 1. The van der Waals surface area contributed by atoms with Crippen molar-refractivity contribution in [3.05, 3.63) is 40.5 Å². The molecule has 160 valence electrons. The lowest BCUT2D eigenvalue weighted by Gasteiger charge is -2.35. The minimum absolute atomic E-state index is 0.0253. The number of amides is 2. The van der Waals surface area contributed by atoms with E-state index in [-0.39, 0.29) is 24.4 Å². The molecule has 1 N–H and O–H groups in total. The number of hydrogen-bond donors (Lipinski definition) is 1. The Morgan fingerprint density at radius 2 is 2.03 bits per heavy atom. The van der Waals surface area contributed by atoms with Crippen molar-refractivity contribution in [3.63, 3.8) is 0 Å². The third-order valence-electron chi connectivity index (χ3n) is 5.92. The van der Waals surface area contributed by atoms with Crippen molar-refractivity contribution in [1.82, 2.24) is 15.2 Å². The molecule has 1 aliphatic carbocycles. The predicted octanol–water partition coefficient (Wildman–Crippen LogP) is 4.10. The van der Waals surface area contributed by atoms with Crippen molar-refractivity contribution in [1.29, 1.82) is 0 Å². The van der Waals surface area contributed by atoms with Gasteiger partial charge in [0.15, 0.2) is 0 Å². The first-order valence-electron chi connectivity index (χ1n) is 9.87. The number of halogens is 3. The zero-order valence-corrected chi connectivity index (χ0v) is 17.4. The molecule has 2 amide bonds. The highest BCUT2D eigenvalue weighted by Gasteiger charge is 2.49. The molecule has 1 unspecified atom stereocenters. The number of aryl methyl sites for hydroxylation is 2. The van der Waals surface area contributed by atoms with Gasteiger partial charge in [0.2, 0.25) is 0 Å². The summed E-state index contributed by atoms with van der Waals surface area (Å²) < 4.78 is 37.8. The average molecular weight is 437 g/mol. The number of thiazole rings is 1. The summed E-state index contributed by atoms with van der Waals surface area (Å²) in [4.78, 5) is 31.7. The number of hydrogen-bond acceptors (Lipinski definition) is 4. The van der Waals surface area contributed by atoms with E-state index in [1.807, 2.05) is 43.4 Å². The van der Waals surface area contributed by atoms with Crippen LogP contribution in [0.2, 0.25) is 0 Å². The zero-order chi connectivity index (χ0) is 21.6. The second kappa shape index (κ2) is 7.68. The topological polar surface area (TPSA) is 62.3 Å². The maximum absolute atomic E-state index is 13.5. The molecule has 30 heavy (non-hydrogen) atoms. The Morgan fingerprint density at radius 3 is 2.73 bits per heavy atom. The Kier molecular flexibility index (Phi) is 5.34. The minimum atomic E-state index is -4.93. The Hall–Kier alpha value is -2.42. The molecule has 2 aromatic rings. The highest BCUT2D eigenvalue weighted by molar-refractivity contribution is 7.15. The fourth-order valence-corrected chi connectivity index (χ4v) is 5.55. The summed E-state index contributed by atoms with van der Waals surface area (Å²) in [5.41, 5.74) is 2.29. The number of aromatic nitrogens is 1. The summed E-state index contributed by atoms with van der Waals surface area (Å²) >= 11 is 1.43. The van der Waals surface area contributed by atoms with Crippen LogP contribution in [0.1, 0.15) is 40.3 Å². The molecule has 1 saturated heterocycles. The molecule has 1 aliphatic heterocycles. The number of carbonyl (C=O) groups is 2. The number of nitrogens with zero attached hydrogens (tertiary/aromatic N) is 2. The summed E-state index contributed by atoms with van der Waals surface area (Å²) in [6, 6.07) is 7.32. The summed E-state index contributed by atoms with van der Waals surface area (Å²) in [7, 11) is 0. The molecule has 2 aliphatic rings. The molecule has 2 bridgehead atoms. The van der Waals surface area contributed by atoms with Gasteiger partial charge in [-0.15, -0.1) is 11.3 Å². The molecule has 1 aromatic carbocycles. The average Bonchev–Trinajstić information content (AvgIpc) is 3.38. The van der Waals surface area contributed by atoms with Gasteiger partial charge < -0.3 is 10.2 Å². The Balaban J connectivity index is 1.61. The maximum atomic E-state index is 13.5. The Morgan fingerprint density at radius 1 is 1.27 bits per heavy atom. The quantitative estimate of drug-likeness (QED) is 0.784. The minimum Gasteiger partial charge on any atom is -0.346 e. The highest BCUT2D eigenvalue weighted by Crippen LogP contribution is 2.44. The van der Waals surface area contributed by atoms with Crippen molar-refractivity contribution >= 4 is 23.2 Å². The van der Waals surface area contributed by atoms with Gasteiger partial charge in [-0.05, 0) is 44.6 Å². The maximum Gasteiger partial charge on any atom is 0.471 e. The summed E-state index contributed by atoms with van der Waals surface area (Å²) in [6.07, 6.45) is -2.51. The van der Waals surface area contributed by atoms with Gasteiger partial charge >= 0.3 is 12.1 Å². The number of carbonyl (C=O) groups excluding carboxylic acids is 2. The fraction of sp³-hybridized carbons (Fsp3) is 0.476. The van der Waals surface area contributed by atoms with Crippen LogP contribution >= 0.6 is 11.3 Å². The second-order valence-corrected chi connectivity index (χ2v) is 9.20. The van der Waals surface area contributed by atoms with Crippen LogP contribution in [-0.2, 0) is 4.79 Å². The number of nitrogens with one attached hydrogen (secondary N) is 1.